The summed E-state index contributed by atoms with van der Waals surface area (Å²) < 4.78 is 50.7. The Labute approximate surface area is 164 Å². The molecule has 0 unspecified atom stereocenters. The number of hydrogen-bond donors (Lipinski definition) is 1. The Balaban J connectivity index is 2.70. The predicted octanol–water partition coefficient (Wildman–Crippen LogP) is 2.56. The Morgan fingerprint density at radius 2 is 1.75 bits per heavy atom. The van der Waals surface area contributed by atoms with Crippen molar-refractivity contribution in [1.82, 2.24) is 5.32 Å². The summed E-state index contributed by atoms with van der Waals surface area (Å²) in [6.07, 6.45) is 0.992. The summed E-state index contributed by atoms with van der Waals surface area (Å²) in [5, 5.41) is 2.64. The number of methoxy groups -OCH3 is 2. The van der Waals surface area contributed by atoms with E-state index in [4.69, 9.17) is 9.47 Å². The molecule has 1 amide bonds. The van der Waals surface area contributed by atoms with Gasteiger partial charge in [0.05, 0.1) is 38.3 Å². The predicted molar refractivity (Wildman–Crippen MR) is 105 cm³/mol. The number of amides is 1. The first kappa shape index (κ1) is 21.5. The zero-order chi connectivity index (χ0) is 20.9. The van der Waals surface area contributed by atoms with Crippen LogP contribution in [-0.2, 0) is 16.6 Å². The van der Waals surface area contributed by atoms with Crippen LogP contribution in [0.2, 0.25) is 0 Å². The number of ether oxygens (including phenoxy) is 2. The van der Waals surface area contributed by atoms with Crippen LogP contribution in [0.4, 0.5) is 10.1 Å². The first-order chi connectivity index (χ1) is 13.2. The topological polar surface area (TPSA) is 84.9 Å². The maximum atomic E-state index is 14.2. The van der Waals surface area contributed by atoms with Crippen LogP contribution < -0.4 is 19.1 Å². The van der Waals surface area contributed by atoms with Crippen molar-refractivity contribution in [1.29, 1.82) is 0 Å². The highest BCUT2D eigenvalue weighted by atomic mass is 32.2. The van der Waals surface area contributed by atoms with E-state index in [2.05, 4.69) is 5.32 Å². The summed E-state index contributed by atoms with van der Waals surface area (Å²) in [4.78, 5) is 12.6. The first-order valence-electron chi connectivity index (χ1n) is 8.48. The Morgan fingerprint density at radius 3 is 2.29 bits per heavy atom. The number of rotatable bonds is 8. The van der Waals surface area contributed by atoms with Crippen LogP contribution in [0.25, 0.3) is 0 Å². The van der Waals surface area contributed by atoms with Crippen LogP contribution in [0.1, 0.15) is 22.8 Å². The molecule has 2 aromatic rings. The maximum Gasteiger partial charge on any atom is 0.253 e. The highest BCUT2D eigenvalue weighted by molar-refractivity contribution is 7.92. The van der Waals surface area contributed by atoms with E-state index in [-0.39, 0.29) is 34.9 Å². The molecular weight excluding hydrogens is 387 g/mol. The van der Waals surface area contributed by atoms with E-state index in [9.17, 15) is 17.6 Å². The number of nitrogens with zero attached hydrogens (tertiary/aromatic N) is 1. The van der Waals surface area contributed by atoms with Crippen LogP contribution in [0, 0.1) is 5.82 Å². The molecule has 7 nitrogen and oxygen atoms in total. The van der Waals surface area contributed by atoms with Crippen molar-refractivity contribution >= 4 is 21.6 Å². The molecule has 9 heteroatoms. The Bertz CT molecular complexity index is 963. The van der Waals surface area contributed by atoms with Gasteiger partial charge in [-0.25, -0.2) is 12.8 Å². The minimum atomic E-state index is -3.86. The van der Waals surface area contributed by atoms with Crippen molar-refractivity contribution in [2.24, 2.45) is 0 Å². The number of carbonyl (C=O) groups is 1. The van der Waals surface area contributed by atoms with Gasteiger partial charge < -0.3 is 14.8 Å². The molecule has 0 aliphatic heterocycles. The SMILES string of the molecule is CCNC(=O)c1cc(OC)c(OC)cc1N(Cc1ccccc1F)S(C)(=O)=O. The summed E-state index contributed by atoms with van der Waals surface area (Å²) in [5.41, 5.74) is 0.306. The van der Waals surface area contributed by atoms with Gasteiger partial charge in [0.15, 0.2) is 11.5 Å². The van der Waals surface area contributed by atoms with E-state index in [1.165, 1.54) is 44.6 Å². The monoisotopic (exact) mass is 410 g/mol. The van der Waals surface area contributed by atoms with Gasteiger partial charge in [0.2, 0.25) is 10.0 Å². The van der Waals surface area contributed by atoms with Gasteiger partial charge >= 0.3 is 0 Å². The quantitative estimate of drug-likeness (QED) is 0.723. The molecule has 0 saturated carbocycles. The van der Waals surface area contributed by atoms with Crippen LogP contribution in [-0.4, -0.2) is 41.3 Å². The average molecular weight is 410 g/mol. The van der Waals surface area contributed by atoms with Crippen LogP contribution >= 0.6 is 0 Å². The summed E-state index contributed by atoms with van der Waals surface area (Å²) in [6.45, 7) is 1.80. The summed E-state index contributed by atoms with van der Waals surface area (Å²) in [7, 11) is -1.05. The average Bonchev–Trinajstić information content (AvgIpc) is 2.65. The molecule has 152 valence electrons. The molecule has 0 heterocycles. The number of hydrogen-bond acceptors (Lipinski definition) is 5. The van der Waals surface area contributed by atoms with Gasteiger partial charge in [-0.1, -0.05) is 18.2 Å². The van der Waals surface area contributed by atoms with Crippen molar-refractivity contribution < 1.29 is 27.1 Å². The molecule has 0 spiro atoms. The van der Waals surface area contributed by atoms with Crippen LogP contribution in [0.15, 0.2) is 36.4 Å². The van der Waals surface area contributed by atoms with E-state index in [1.807, 2.05) is 0 Å². The van der Waals surface area contributed by atoms with Gasteiger partial charge in [-0.15, -0.1) is 0 Å². The molecule has 0 fully saturated rings. The fraction of sp³-hybridized carbons (Fsp3) is 0.316. The van der Waals surface area contributed by atoms with Gasteiger partial charge in [0.25, 0.3) is 5.91 Å². The third kappa shape index (κ3) is 4.72. The Hall–Kier alpha value is -2.81. The van der Waals surface area contributed by atoms with Crippen molar-refractivity contribution in [2.45, 2.75) is 13.5 Å². The minimum Gasteiger partial charge on any atom is -0.493 e. The van der Waals surface area contributed by atoms with Crippen LogP contribution in [0.3, 0.4) is 0 Å². The van der Waals surface area contributed by atoms with E-state index in [0.29, 0.717) is 6.54 Å². The van der Waals surface area contributed by atoms with E-state index < -0.39 is 21.7 Å². The molecular formula is C19H23FN2O5S. The summed E-state index contributed by atoms with van der Waals surface area (Å²) in [5.74, 6) is -0.517. The van der Waals surface area contributed by atoms with Crippen molar-refractivity contribution in [3.05, 3.63) is 53.3 Å². The van der Waals surface area contributed by atoms with Crippen molar-refractivity contribution in [2.75, 3.05) is 31.3 Å². The zero-order valence-corrected chi connectivity index (χ0v) is 17.0. The molecule has 2 aromatic carbocycles. The number of sulfonamides is 1. The number of anilines is 1. The van der Waals surface area contributed by atoms with Gasteiger partial charge in [0, 0.05) is 18.2 Å². The molecule has 1 N–H and O–H groups in total. The first-order valence-corrected chi connectivity index (χ1v) is 10.3. The van der Waals surface area contributed by atoms with E-state index >= 15 is 0 Å². The molecule has 0 radical (unpaired) electrons. The molecule has 0 aliphatic rings. The third-order valence-electron chi connectivity index (χ3n) is 4.02. The minimum absolute atomic E-state index is 0.0642. The molecule has 2 rings (SSSR count). The largest absolute Gasteiger partial charge is 0.493 e. The van der Waals surface area contributed by atoms with Gasteiger partial charge in [-0.05, 0) is 19.1 Å². The van der Waals surface area contributed by atoms with Crippen molar-refractivity contribution in [3.8, 4) is 11.5 Å². The standard InChI is InChI=1S/C19H23FN2O5S/c1-5-21-19(23)14-10-17(26-2)18(27-3)11-16(14)22(28(4,24)25)12-13-8-6-7-9-15(13)20/h6-11H,5,12H2,1-4H3,(H,21,23). The lowest BCUT2D eigenvalue weighted by molar-refractivity contribution is 0.0956. The Kier molecular flexibility index (Phi) is 6.85. The van der Waals surface area contributed by atoms with Gasteiger partial charge in [-0.2, -0.15) is 0 Å². The number of nitrogens with one attached hydrogen (secondary N) is 1. The molecule has 0 aliphatic carbocycles. The number of halogens is 1. The molecule has 0 bridgehead atoms. The molecule has 0 saturated heterocycles. The zero-order valence-electron chi connectivity index (χ0n) is 16.2. The molecule has 0 aromatic heterocycles. The second-order valence-electron chi connectivity index (χ2n) is 5.94. The van der Waals surface area contributed by atoms with Gasteiger partial charge in [-0.3, -0.25) is 9.10 Å². The fourth-order valence-corrected chi connectivity index (χ4v) is 3.56. The second-order valence-corrected chi connectivity index (χ2v) is 7.85. The number of carbonyl (C=O) groups excluding carboxylic acids is 1. The van der Waals surface area contributed by atoms with Crippen molar-refractivity contribution in [3.63, 3.8) is 0 Å². The lowest BCUT2D eigenvalue weighted by Gasteiger charge is -2.26. The van der Waals surface area contributed by atoms with E-state index in [0.717, 1.165) is 10.6 Å². The highest BCUT2D eigenvalue weighted by Crippen LogP contribution is 2.37. The summed E-state index contributed by atoms with van der Waals surface area (Å²) >= 11 is 0. The fourth-order valence-electron chi connectivity index (χ4n) is 2.67. The smallest absolute Gasteiger partial charge is 0.253 e. The second kappa shape index (κ2) is 8.92. The third-order valence-corrected chi connectivity index (χ3v) is 5.15. The normalized spacial score (nSPS) is 11.0. The van der Waals surface area contributed by atoms with Crippen LogP contribution in [0.5, 0.6) is 11.5 Å². The Morgan fingerprint density at radius 1 is 1.14 bits per heavy atom. The summed E-state index contributed by atoms with van der Waals surface area (Å²) in [6, 6.07) is 8.65. The van der Waals surface area contributed by atoms with E-state index in [1.54, 1.807) is 13.0 Å². The molecule has 0 atom stereocenters. The lowest BCUT2D eigenvalue weighted by atomic mass is 10.1. The number of benzene rings is 2. The lowest BCUT2D eigenvalue weighted by Crippen LogP contribution is -2.33. The van der Waals surface area contributed by atoms with Gasteiger partial charge in [0.1, 0.15) is 5.82 Å². The molecule has 28 heavy (non-hydrogen) atoms. The highest BCUT2D eigenvalue weighted by Gasteiger charge is 2.27. The maximum absolute atomic E-state index is 14.2.